The highest BCUT2D eigenvalue weighted by molar-refractivity contribution is 6.01. The molecule has 0 spiro atoms. The molecule has 7 heteroatoms. The first-order chi connectivity index (χ1) is 9.47. The van der Waals surface area contributed by atoms with Gasteiger partial charge in [-0.2, -0.15) is 0 Å². The first kappa shape index (κ1) is 14.4. The predicted octanol–water partition coefficient (Wildman–Crippen LogP) is -0.536. The molecule has 1 fully saturated rings. The summed E-state index contributed by atoms with van der Waals surface area (Å²) in [5.74, 6) is 0.406. The van der Waals surface area contributed by atoms with Crippen molar-refractivity contribution >= 4 is 11.6 Å². The molecule has 1 amide bonds. The number of nitrogen functional groups attached to an aromatic ring is 1. The van der Waals surface area contributed by atoms with Crippen LogP contribution in [0.1, 0.15) is 10.4 Å². The van der Waals surface area contributed by atoms with Gasteiger partial charge in [0.15, 0.2) is 0 Å². The van der Waals surface area contributed by atoms with Crippen LogP contribution >= 0.6 is 0 Å². The zero-order chi connectivity index (χ0) is 14.9. The summed E-state index contributed by atoms with van der Waals surface area (Å²) in [6, 6.07) is 3.09. The number of likely N-dealkylation sites (tertiary alicyclic amines) is 1. The van der Waals surface area contributed by atoms with E-state index in [9.17, 15) is 15.0 Å². The van der Waals surface area contributed by atoms with E-state index in [1.807, 2.05) is 0 Å². The molecule has 2 atom stereocenters. The van der Waals surface area contributed by atoms with Crippen molar-refractivity contribution in [3.63, 3.8) is 0 Å². The molecular formula is C13H18N2O5. The van der Waals surface area contributed by atoms with Crippen LogP contribution in [0, 0.1) is 0 Å². The maximum absolute atomic E-state index is 12.4. The Kier molecular flexibility index (Phi) is 4.01. The summed E-state index contributed by atoms with van der Waals surface area (Å²) in [4.78, 5) is 13.8. The number of hydrogen-bond donors (Lipinski definition) is 3. The summed E-state index contributed by atoms with van der Waals surface area (Å²) in [5.41, 5.74) is 6.33. The van der Waals surface area contributed by atoms with E-state index in [1.54, 1.807) is 6.07 Å². The van der Waals surface area contributed by atoms with Gasteiger partial charge in [-0.05, 0) is 6.07 Å². The Balaban J connectivity index is 2.34. The van der Waals surface area contributed by atoms with E-state index >= 15 is 0 Å². The van der Waals surface area contributed by atoms with E-state index in [4.69, 9.17) is 15.2 Å². The standard InChI is InChI=1S/C13H18N2O5/c1-19-7-3-8(12(14)11(4-7)20-2)13(18)15-5-9(16)10(17)6-15/h3-4,9-10,16-17H,5-6,14H2,1-2H3/t9-,10+. The summed E-state index contributed by atoms with van der Waals surface area (Å²) in [6.07, 6.45) is -1.87. The summed E-state index contributed by atoms with van der Waals surface area (Å²) in [7, 11) is 2.92. The molecule has 0 unspecified atom stereocenters. The number of aliphatic hydroxyl groups is 2. The number of carbonyl (C=O) groups excluding carboxylic acids is 1. The number of amides is 1. The van der Waals surface area contributed by atoms with Crippen molar-refractivity contribution in [2.75, 3.05) is 33.0 Å². The van der Waals surface area contributed by atoms with Crippen molar-refractivity contribution in [2.45, 2.75) is 12.2 Å². The number of aliphatic hydroxyl groups excluding tert-OH is 2. The van der Waals surface area contributed by atoms with Crippen molar-refractivity contribution in [3.05, 3.63) is 17.7 Å². The van der Waals surface area contributed by atoms with Crippen molar-refractivity contribution in [1.29, 1.82) is 0 Å². The molecule has 1 aliphatic rings. The van der Waals surface area contributed by atoms with Crippen LogP contribution in [0.25, 0.3) is 0 Å². The molecule has 2 rings (SSSR count). The number of anilines is 1. The van der Waals surface area contributed by atoms with Gasteiger partial charge in [0.25, 0.3) is 5.91 Å². The minimum absolute atomic E-state index is 0.0684. The number of β-amino-alcohol motifs (C(OH)–C–C–N with tert-alkyl or cyclic N) is 2. The molecule has 20 heavy (non-hydrogen) atoms. The molecule has 0 aromatic heterocycles. The van der Waals surface area contributed by atoms with Crippen LogP contribution in [0.5, 0.6) is 11.5 Å². The lowest BCUT2D eigenvalue weighted by Gasteiger charge is -2.18. The number of carbonyl (C=O) groups is 1. The molecule has 1 aromatic carbocycles. The molecule has 7 nitrogen and oxygen atoms in total. The summed E-state index contributed by atoms with van der Waals surface area (Å²) in [5, 5.41) is 19.0. The van der Waals surface area contributed by atoms with Gasteiger partial charge in [0, 0.05) is 19.2 Å². The molecule has 0 saturated carbocycles. The smallest absolute Gasteiger partial charge is 0.256 e. The van der Waals surface area contributed by atoms with Gasteiger partial charge in [0.05, 0.1) is 37.7 Å². The molecule has 1 aliphatic heterocycles. The van der Waals surface area contributed by atoms with E-state index in [-0.39, 0.29) is 30.2 Å². The maximum atomic E-state index is 12.4. The van der Waals surface area contributed by atoms with Crippen molar-refractivity contribution in [3.8, 4) is 11.5 Å². The lowest BCUT2D eigenvalue weighted by Crippen LogP contribution is -2.30. The second-order valence-corrected chi connectivity index (χ2v) is 4.64. The second kappa shape index (κ2) is 5.56. The topological polar surface area (TPSA) is 105 Å². The highest BCUT2D eigenvalue weighted by atomic mass is 16.5. The number of nitrogens with zero attached hydrogens (tertiary/aromatic N) is 1. The van der Waals surface area contributed by atoms with Gasteiger partial charge < -0.3 is 30.3 Å². The molecule has 1 heterocycles. The van der Waals surface area contributed by atoms with Gasteiger partial charge in [-0.3, -0.25) is 4.79 Å². The quantitative estimate of drug-likeness (QED) is 0.643. The third kappa shape index (κ3) is 2.50. The lowest BCUT2D eigenvalue weighted by atomic mass is 10.1. The molecule has 0 aliphatic carbocycles. The van der Waals surface area contributed by atoms with Crippen LogP contribution in [0.15, 0.2) is 12.1 Å². The van der Waals surface area contributed by atoms with Gasteiger partial charge in [-0.15, -0.1) is 0 Å². The molecular weight excluding hydrogens is 264 g/mol. The van der Waals surface area contributed by atoms with Gasteiger partial charge in [0.1, 0.15) is 11.5 Å². The fourth-order valence-electron chi connectivity index (χ4n) is 2.17. The van der Waals surface area contributed by atoms with Crippen molar-refractivity contribution in [1.82, 2.24) is 4.90 Å². The van der Waals surface area contributed by atoms with E-state index < -0.39 is 12.2 Å². The normalized spacial score (nSPS) is 21.9. The minimum atomic E-state index is -0.937. The minimum Gasteiger partial charge on any atom is -0.497 e. The zero-order valence-electron chi connectivity index (χ0n) is 11.4. The molecule has 1 saturated heterocycles. The fourth-order valence-corrected chi connectivity index (χ4v) is 2.17. The zero-order valence-corrected chi connectivity index (χ0v) is 11.4. The highest BCUT2D eigenvalue weighted by Gasteiger charge is 2.34. The first-order valence-corrected chi connectivity index (χ1v) is 6.14. The Morgan fingerprint density at radius 2 is 1.85 bits per heavy atom. The van der Waals surface area contributed by atoms with Gasteiger partial charge in [0.2, 0.25) is 0 Å². The predicted molar refractivity (Wildman–Crippen MR) is 71.9 cm³/mol. The number of ether oxygens (including phenoxy) is 2. The summed E-state index contributed by atoms with van der Waals surface area (Å²) in [6.45, 7) is 0.137. The van der Waals surface area contributed by atoms with Crippen LogP contribution in [0.2, 0.25) is 0 Å². The maximum Gasteiger partial charge on any atom is 0.256 e. The fraction of sp³-hybridized carbons (Fsp3) is 0.462. The third-order valence-corrected chi connectivity index (χ3v) is 3.35. The second-order valence-electron chi connectivity index (χ2n) is 4.64. The third-order valence-electron chi connectivity index (χ3n) is 3.35. The Hall–Kier alpha value is -1.99. The van der Waals surface area contributed by atoms with E-state index in [1.165, 1.54) is 25.2 Å². The highest BCUT2D eigenvalue weighted by Crippen LogP contribution is 2.32. The van der Waals surface area contributed by atoms with Crippen LogP contribution in [-0.4, -0.2) is 60.5 Å². The molecule has 4 N–H and O–H groups in total. The Labute approximate surface area is 116 Å². The largest absolute Gasteiger partial charge is 0.497 e. The number of nitrogens with two attached hydrogens (primary N) is 1. The molecule has 0 radical (unpaired) electrons. The average molecular weight is 282 g/mol. The van der Waals surface area contributed by atoms with Gasteiger partial charge in [-0.1, -0.05) is 0 Å². The Morgan fingerprint density at radius 3 is 2.35 bits per heavy atom. The average Bonchev–Trinajstić information content (AvgIpc) is 2.78. The summed E-state index contributed by atoms with van der Waals surface area (Å²) < 4.78 is 10.2. The Morgan fingerprint density at radius 1 is 1.25 bits per heavy atom. The van der Waals surface area contributed by atoms with E-state index in [0.29, 0.717) is 11.5 Å². The van der Waals surface area contributed by atoms with Crippen LogP contribution in [0.4, 0.5) is 5.69 Å². The number of rotatable bonds is 3. The molecule has 110 valence electrons. The van der Waals surface area contributed by atoms with Gasteiger partial charge >= 0.3 is 0 Å². The lowest BCUT2D eigenvalue weighted by molar-refractivity contribution is 0.0572. The molecule has 1 aromatic rings. The van der Waals surface area contributed by atoms with Crippen LogP contribution in [-0.2, 0) is 0 Å². The SMILES string of the molecule is COc1cc(OC)c(N)c(C(=O)N2C[C@@H](O)[C@@H](O)C2)c1. The van der Waals surface area contributed by atoms with Crippen LogP contribution in [0.3, 0.4) is 0 Å². The monoisotopic (exact) mass is 282 g/mol. The summed E-state index contributed by atoms with van der Waals surface area (Å²) >= 11 is 0. The van der Waals surface area contributed by atoms with E-state index in [0.717, 1.165) is 0 Å². The van der Waals surface area contributed by atoms with E-state index in [2.05, 4.69) is 0 Å². The molecule has 0 bridgehead atoms. The number of hydrogen-bond acceptors (Lipinski definition) is 6. The van der Waals surface area contributed by atoms with Gasteiger partial charge in [-0.25, -0.2) is 0 Å². The number of benzene rings is 1. The Bertz CT molecular complexity index is 510. The number of methoxy groups -OCH3 is 2. The van der Waals surface area contributed by atoms with Crippen molar-refractivity contribution < 1.29 is 24.5 Å². The first-order valence-electron chi connectivity index (χ1n) is 6.14. The van der Waals surface area contributed by atoms with Crippen molar-refractivity contribution in [2.24, 2.45) is 0 Å². The van der Waals surface area contributed by atoms with Crippen LogP contribution < -0.4 is 15.2 Å².